The lowest BCUT2D eigenvalue weighted by molar-refractivity contribution is -0.142. The normalized spacial score (nSPS) is 11.0. The van der Waals surface area contributed by atoms with E-state index in [1.165, 1.54) is 7.11 Å². The zero-order chi connectivity index (χ0) is 27.8. The average Bonchev–Trinajstić information content (AvgIpc) is 2.93. The minimum absolute atomic E-state index is 0.196. The average molecular weight is 555 g/mol. The lowest BCUT2D eigenvalue weighted by Crippen LogP contribution is -2.15. The predicted molar refractivity (Wildman–Crippen MR) is 135 cm³/mol. The van der Waals surface area contributed by atoms with Crippen molar-refractivity contribution in [1.82, 2.24) is 0 Å². The summed E-state index contributed by atoms with van der Waals surface area (Å²) in [5.41, 5.74) is 0. The van der Waals surface area contributed by atoms with E-state index in [4.69, 9.17) is 47.4 Å². The molecule has 0 aliphatic carbocycles. The standard InChI is InChI=1S/C25H46O13/c1-3-24(26)38-23-22-37-21-20-36-19-18-35-17-16-34-15-14-33-13-12-32-11-10-31-9-8-30-7-6-29-5-4-25(27)28-2/h3H,1,4-23H2,2H3. The maximum atomic E-state index is 10.9. The summed E-state index contributed by atoms with van der Waals surface area (Å²) < 4.78 is 57.6. The molecular formula is C25H46O13. The molecule has 0 N–H and O–H groups in total. The highest BCUT2D eigenvalue weighted by Gasteiger charge is 1.99. The van der Waals surface area contributed by atoms with Gasteiger partial charge in [-0.15, -0.1) is 0 Å². The number of carbonyl (C=O) groups excluding carboxylic acids is 2. The van der Waals surface area contributed by atoms with Crippen molar-refractivity contribution in [1.29, 1.82) is 0 Å². The molecule has 0 aromatic carbocycles. The summed E-state index contributed by atoms with van der Waals surface area (Å²) in [5.74, 6) is -0.751. The van der Waals surface area contributed by atoms with E-state index in [2.05, 4.69) is 11.3 Å². The Labute approximate surface area is 225 Å². The first-order valence-corrected chi connectivity index (χ1v) is 12.8. The summed E-state index contributed by atoms with van der Waals surface area (Å²) >= 11 is 0. The smallest absolute Gasteiger partial charge is 0.330 e. The van der Waals surface area contributed by atoms with E-state index in [-0.39, 0.29) is 19.0 Å². The second kappa shape index (κ2) is 31.5. The molecule has 0 aromatic rings. The van der Waals surface area contributed by atoms with Gasteiger partial charge in [0.25, 0.3) is 0 Å². The first-order valence-electron chi connectivity index (χ1n) is 12.8. The van der Waals surface area contributed by atoms with Crippen LogP contribution in [0.4, 0.5) is 0 Å². The molecule has 38 heavy (non-hydrogen) atoms. The van der Waals surface area contributed by atoms with Crippen LogP contribution in [0.2, 0.25) is 0 Å². The van der Waals surface area contributed by atoms with Gasteiger partial charge in [-0.1, -0.05) is 6.58 Å². The summed E-state index contributed by atoms with van der Waals surface area (Å²) in [5, 5.41) is 0. The fourth-order valence-electron chi connectivity index (χ4n) is 2.38. The summed E-state index contributed by atoms with van der Waals surface area (Å²) in [6, 6.07) is 0. The number of carbonyl (C=O) groups is 2. The highest BCUT2D eigenvalue weighted by molar-refractivity contribution is 5.81. The molecule has 0 bridgehead atoms. The quantitative estimate of drug-likeness (QED) is 0.0666. The second-order valence-electron chi connectivity index (χ2n) is 7.21. The Balaban J connectivity index is 3.06. The van der Waals surface area contributed by atoms with E-state index in [1.807, 2.05) is 0 Å². The molecule has 0 fully saturated rings. The summed E-state index contributed by atoms with van der Waals surface area (Å²) in [6.45, 7) is 11.6. The predicted octanol–water partition coefficient (Wildman–Crippen LogP) is 0.428. The fourth-order valence-corrected chi connectivity index (χ4v) is 2.38. The van der Waals surface area contributed by atoms with Gasteiger partial charge in [-0.05, 0) is 0 Å². The van der Waals surface area contributed by atoms with Gasteiger partial charge in [0.2, 0.25) is 0 Å². The van der Waals surface area contributed by atoms with Crippen molar-refractivity contribution < 1.29 is 61.7 Å². The van der Waals surface area contributed by atoms with Gasteiger partial charge in [-0.2, -0.15) is 0 Å². The minimum atomic E-state index is -0.462. The van der Waals surface area contributed by atoms with Crippen molar-refractivity contribution in [2.75, 3.05) is 133 Å². The zero-order valence-electron chi connectivity index (χ0n) is 22.7. The van der Waals surface area contributed by atoms with Gasteiger partial charge in [-0.25, -0.2) is 4.79 Å². The molecule has 0 unspecified atom stereocenters. The topological polar surface area (TPSA) is 136 Å². The molecule has 0 heterocycles. The summed E-state index contributed by atoms with van der Waals surface area (Å²) in [6.07, 6.45) is 1.35. The molecule has 13 heteroatoms. The number of rotatable bonds is 31. The van der Waals surface area contributed by atoms with Crippen molar-refractivity contribution in [2.24, 2.45) is 0 Å². The zero-order valence-corrected chi connectivity index (χ0v) is 22.7. The largest absolute Gasteiger partial charge is 0.469 e. The van der Waals surface area contributed by atoms with Gasteiger partial charge in [0.15, 0.2) is 0 Å². The van der Waals surface area contributed by atoms with E-state index in [0.717, 1.165) is 6.08 Å². The van der Waals surface area contributed by atoms with Gasteiger partial charge >= 0.3 is 11.9 Å². The first kappa shape index (κ1) is 36.3. The van der Waals surface area contributed by atoms with Crippen LogP contribution in [0.1, 0.15) is 6.42 Å². The van der Waals surface area contributed by atoms with Crippen molar-refractivity contribution in [3.63, 3.8) is 0 Å². The minimum Gasteiger partial charge on any atom is -0.469 e. The van der Waals surface area contributed by atoms with Crippen LogP contribution in [0.25, 0.3) is 0 Å². The third-order valence-corrected chi connectivity index (χ3v) is 4.29. The molecule has 0 atom stereocenters. The lowest BCUT2D eigenvalue weighted by atomic mass is 10.5. The number of hydrogen-bond donors (Lipinski definition) is 0. The van der Waals surface area contributed by atoms with Crippen molar-refractivity contribution in [2.45, 2.75) is 6.42 Å². The van der Waals surface area contributed by atoms with E-state index in [9.17, 15) is 9.59 Å². The molecule has 0 aromatic heterocycles. The van der Waals surface area contributed by atoms with Crippen LogP contribution in [0.15, 0.2) is 12.7 Å². The van der Waals surface area contributed by atoms with Gasteiger partial charge < -0.3 is 52.1 Å². The Kier molecular flexibility index (Phi) is 30.1. The van der Waals surface area contributed by atoms with Crippen molar-refractivity contribution in [3.8, 4) is 0 Å². The summed E-state index contributed by atoms with van der Waals surface area (Å²) in [4.78, 5) is 21.7. The second-order valence-corrected chi connectivity index (χ2v) is 7.21. The maximum absolute atomic E-state index is 10.9. The molecule has 0 aliphatic rings. The molecule has 0 radical (unpaired) electrons. The number of hydrogen-bond acceptors (Lipinski definition) is 13. The van der Waals surface area contributed by atoms with E-state index < -0.39 is 5.97 Å². The molecule has 13 nitrogen and oxygen atoms in total. The lowest BCUT2D eigenvalue weighted by Gasteiger charge is -2.09. The number of methoxy groups -OCH3 is 1. The van der Waals surface area contributed by atoms with Crippen LogP contribution in [-0.4, -0.2) is 145 Å². The van der Waals surface area contributed by atoms with Crippen LogP contribution in [0.3, 0.4) is 0 Å². The van der Waals surface area contributed by atoms with E-state index >= 15 is 0 Å². The Hall–Kier alpha value is -1.68. The molecule has 0 spiro atoms. The van der Waals surface area contributed by atoms with Crippen LogP contribution < -0.4 is 0 Å². The van der Waals surface area contributed by atoms with E-state index in [0.29, 0.717) is 119 Å². The molecule has 0 saturated carbocycles. The Bertz CT molecular complexity index is 533. The summed E-state index contributed by atoms with van der Waals surface area (Å²) in [7, 11) is 1.35. The maximum Gasteiger partial charge on any atom is 0.330 e. The van der Waals surface area contributed by atoms with Crippen LogP contribution in [-0.2, 0) is 61.7 Å². The van der Waals surface area contributed by atoms with E-state index in [1.54, 1.807) is 0 Å². The Morgan fingerprint density at radius 1 is 0.474 bits per heavy atom. The highest BCUT2D eigenvalue weighted by Crippen LogP contribution is 1.88. The highest BCUT2D eigenvalue weighted by atomic mass is 16.6. The molecule has 0 amide bonds. The molecule has 224 valence electrons. The number of esters is 2. The first-order chi connectivity index (χ1) is 18.7. The Morgan fingerprint density at radius 3 is 1.00 bits per heavy atom. The monoisotopic (exact) mass is 554 g/mol. The third kappa shape index (κ3) is 30.5. The van der Waals surface area contributed by atoms with Crippen LogP contribution in [0.5, 0.6) is 0 Å². The number of ether oxygens (including phenoxy) is 11. The van der Waals surface area contributed by atoms with Crippen LogP contribution in [0, 0.1) is 0 Å². The van der Waals surface area contributed by atoms with Gasteiger partial charge in [0.1, 0.15) is 6.61 Å². The SMILES string of the molecule is C=CC(=O)OCCOCCOCCOCCOCCOCCOCCOCCOCCOCCC(=O)OC. The van der Waals surface area contributed by atoms with Crippen molar-refractivity contribution in [3.05, 3.63) is 12.7 Å². The fraction of sp³-hybridized carbons (Fsp3) is 0.840. The van der Waals surface area contributed by atoms with Gasteiger partial charge in [-0.3, -0.25) is 4.79 Å². The Morgan fingerprint density at radius 2 is 0.737 bits per heavy atom. The van der Waals surface area contributed by atoms with Crippen molar-refractivity contribution >= 4 is 11.9 Å². The molecule has 0 rings (SSSR count). The van der Waals surface area contributed by atoms with Gasteiger partial charge in [0, 0.05) is 6.08 Å². The van der Waals surface area contributed by atoms with Gasteiger partial charge in [0.05, 0.1) is 132 Å². The molecular weight excluding hydrogens is 508 g/mol. The molecule has 0 aliphatic heterocycles. The van der Waals surface area contributed by atoms with Crippen LogP contribution >= 0.6 is 0 Å². The molecule has 0 saturated heterocycles. The third-order valence-electron chi connectivity index (χ3n) is 4.29.